The number of carbonyl (C=O) groups is 2. The van der Waals surface area contributed by atoms with E-state index in [1.165, 1.54) is 31.4 Å². The Hall–Kier alpha value is -3.17. The molecular formula is C20H19NO7S. The first-order valence-corrected chi connectivity index (χ1v) is 10.4. The van der Waals surface area contributed by atoms with Crippen LogP contribution in [0.2, 0.25) is 0 Å². The fourth-order valence-corrected chi connectivity index (χ4v) is 3.36. The van der Waals surface area contributed by atoms with Crippen molar-refractivity contribution in [1.29, 1.82) is 0 Å². The SMILES string of the molecule is COCc1c(C(=O)OCC(=O)Nc2ccc(S(C)(=O)=O)cc2)oc2ccccc12. The van der Waals surface area contributed by atoms with Crippen molar-refractivity contribution >= 4 is 38.4 Å². The van der Waals surface area contributed by atoms with Gasteiger partial charge in [-0.3, -0.25) is 4.79 Å². The number of benzene rings is 2. The number of carbonyl (C=O) groups excluding carboxylic acids is 2. The van der Waals surface area contributed by atoms with Crippen molar-refractivity contribution in [3.63, 3.8) is 0 Å². The van der Waals surface area contributed by atoms with Crippen LogP contribution >= 0.6 is 0 Å². The first kappa shape index (κ1) is 20.6. The Kier molecular flexibility index (Phi) is 6.00. The van der Waals surface area contributed by atoms with Crippen LogP contribution in [0.15, 0.2) is 57.8 Å². The summed E-state index contributed by atoms with van der Waals surface area (Å²) in [6.45, 7) is -0.379. The zero-order valence-electron chi connectivity index (χ0n) is 15.8. The molecule has 1 N–H and O–H groups in total. The van der Waals surface area contributed by atoms with E-state index in [9.17, 15) is 18.0 Å². The van der Waals surface area contributed by atoms with Gasteiger partial charge in [0.2, 0.25) is 5.76 Å². The lowest BCUT2D eigenvalue weighted by Gasteiger charge is -2.07. The van der Waals surface area contributed by atoms with Crippen LogP contribution in [0.4, 0.5) is 5.69 Å². The smallest absolute Gasteiger partial charge is 0.375 e. The van der Waals surface area contributed by atoms with Gasteiger partial charge >= 0.3 is 5.97 Å². The molecule has 1 aromatic heterocycles. The van der Waals surface area contributed by atoms with E-state index in [-0.39, 0.29) is 17.3 Å². The molecule has 2 aromatic carbocycles. The minimum atomic E-state index is -3.32. The molecule has 0 atom stereocenters. The molecule has 0 aliphatic heterocycles. The summed E-state index contributed by atoms with van der Waals surface area (Å²) in [6.07, 6.45) is 1.09. The predicted octanol–water partition coefficient (Wildman–Crippen LogP) is 2.78. The highest BCUT2D eigenvalue weighted by Crippen LogP contribution is 2.27. The van der Waals surface area contributed by atoms with Gasteiger partial charge < -0.3 is 19.2 Å². The Bertz CT molecular complexity index is 1150. The predicted molar refractivity (Wildman–Crippen MR) is 105 cm³/mol. The van der Waals surface area contributed by atoms with E-state index in [1.54, 1.807) is 18.2 Å². The van der Waals surface area contributed by atoms with E-state index in [4.69, 9.17) is 13.9 Å². The Morgan fingerprint density at radius 1 is 1.07 bits per heavy atom. The Morgan fingerprint density at radius 2 is 1.76 bits per heavy atom. The number of hydrogen-bond acceptors (Lipinski definition) is 7. The number of para-hydroxylation sites is 1. The number of nitrogens with one attached hydrogen (secondary N) is 1. The second kappa shape index (κ2) is 8.46. The van der Waals surface area contributed by atoms with Crippen LogP contribution in [-0.4, -0.2) is 40.3 Å². The number of sulfone groups is 1. The molecule has 152 valence electrons. The summed E-state index contributed by atoms with van der Waals surface area (Å²) in [6, 6.07) is 12.8. The number of fused-ring (bicyclic) bond motifs is 1. The Labute approximate surface area is 167 Å². The molecule has 3 rings (SSSR count). The summed E-state index contributed by atoms with van der Waals surface area (Å²) in [5.74, 6) is -1.37. The summed E-state index contributed by atoms with van der Waals surface area (Å²) in [7, 11) is -1.82. The quantitative estimate of drug-likeness (QED) is 0.588. The van der Waals surface area contributed by atoms with Crippen LogP contribution in [-0.2, 0) is 30.7 Å². The normalized spacial score (nSPS) is 11.4. The van der Waals surface area contributed by atoms with Crippen molar-refractivity contribution in [2.24, 2.45) is 0 Å². The van der Waals surface area contributed by atoms with Gasteiger partial charge in [0.05, 0.1) is 11.5 Å². The Balaban J connectivity index is 1.65. The average Bonchev–Trinajstić information content (AvgIpc) is 3.05. The van der Waals surface area contributed by atoms with Crippen LogP contribution in [0.5, 0.6) is 0 Å². The van der Waals surface area contributed by atoms with Crippen LogP contribution in [0.25, 0.3) is 11.0 Å². The summed E-state index contributed by atoms with van der Waals surface area (Å²) in [5.41, 5.74) is 1.44. The molecule has 0 bridgehead atoms. The lowest BCUT2D eigenvalue weighted by Crippen LogP contribution is -2.21. The Morgan fingerprint density at radius 3 is 2.41 bits per heavy atom. The summed E-state index contributed by atoms with van der Waals surface area (Å²) in [5, 5.41) is 3.26. The van der Waals surface area contributed by atoms with E-state index in [0.717, 1.165) is 11.6 Å². The van der Waals surface area contributed by atoms with Gasteiger partial charge in [-0.05, 0) is 30.3 Å². The van der Waals surface area contributed by atoms with E-state index in [1.807, 2.05) is 6.07 Å². The molecule has 0 aliphatic carbocycles. The number of ether oxygens (including phenoxy) is 2. The molecule has 0 radical (unpaired) electrons. The minimum Gasteiger partial charge on any atom is -0.450 e. The van der Waals surface area contributed by atoms with Gasteiger partial charge in [-0.15, -0.1) is 0 Å². The first-order chi connectivity index (χ1) is 13.8. The van der Waals surface area contributed by atoms with E-state index in [0.29, 0.717) is 16.8 Å². The number of rotatable bonds is 7. The maximum absolute atomic E-state index is 12.4. The van der Waals surface area contributed by atoms with Crippen LogP contribution in [0.1, 0.15) is 16.1 Å². The maximum Gasteiger partial charge on any atom is 0.375 e. The molecule has 29 heavy (non-hydrogen) atoms. The summed E-state index contributed by atoms with van der Waals surface area (Å²) in [4.78, 5) is 24.6. The molecule has 3 aromatic rings. The van der Waals surface area contributed by atoms with Crippen molar-refractivity contribution in [3.8, 4) is 0 Å². The van der Waals surface area contributed by atoms with Crippen LogP contribution in [0.3, 0.4) is 0 Å². The zero-order valence-corrected chi connectivity index (χ0v) is 16.6. The molecule has 8 nitrogen and oxygen atoms in total. The molecule has 0 saturated carbocycles. The average molecular weight is 417 g/mol. The van der Waals surface area contributed by atoms with Gasteiger partial charge in [0, 0.05) is 30.0 Å². The topological polar surface area (TPSA) is 112 Å². The van der Waals surface area contributed by atoms with Gasteiger partial charge in [0.1, 0.15) is 5.58 Å². The molecule has 0 unspecified atom stereocenters. The monoisotopic (exact) mass is 417 g/mol. The minimum absolute atomic E-state index is 0.0154. The van der Waals surface area contributed by atoms with Crippen molar-refractivity contribution in [3.05, 3.63) is 59.9 Å². The summed E-state index contributed by atoms with van der Waals surface area (Å²) >= 11 is 0. The molecule has 1 amide bonds. The fourth-order valence-electron chi connectivity index (χ4n) is 2.73. The van der Waals surface area contributed by atoms with Gasteiger partial charge in [-0.25, -0.2) is 13.2 Å². The van der Waals surface area contributed by atoms with Gasteiger partial charge in [-0.1, -0.05) is 18.2 Å². The molecule has 1 heterocycles. The van der Waals surface area contributed by atoms with Crippen LogP contribution < -0.4 is 5.32 Å². The van der Waals surface area contributed by atoms with E-state index >= 15 is 0 Å². The fraction of sp³-hybridized carbons (Fsp3) is 0.200. The second-order valence-electron chi connectivity index (χ2n) is 6.26. The number of amides is 1. The molecule has 0 spiro atoms. The van der Waals surface area contributed by atoms with E-state index in [2.05, 4.69) is 5.32 Å². The third kappa shape index (κ3) is 4.82. The third-order valence-electron chi connectivity index (χ3n) is 4.07. The lowest BCUT2D eigenvalue weighted by atomic mass is 10.1. The molecular weight excluding hydrogens is 398 g/mol. The number of anilines is 1. The first-order valence-electron chi connectivity index (χ1n) is 8.56. The highest BCUT2D eigenvalue weighted by atomic mass is 32.2. The number of furan rings is 1. The zero-order chi connectivity index (χ0) is 21.0. The largest absolute Gasteiger partial charge is 0.450 e. The number of methoxy groups -OCH3 is 1. The molecule has 0 aliphatic rings. The van der Waals surface area contributed by atoms with Gasteiger partial charge in [-0.2, -0.15) is 0 Å². The lowest BCUT2D eigenvalue weighted by molar-refractivity contribution is -0.119. The number of esters is 1. The van der Waals surface area contributed by atoms with Crippen molar-refractivity contribution in [2.45, 2.75) is 11.5 Å². The maximum atomic E-state index is 12.4. The molecule has 0 saturated heterocycles. The highest BCUT2D eigenvalue weighted by Gasteiger charge is 2.22. The standard InChI is InChI=1S/C20H19NO7S/c1-26-11-16-15-5-3-4-6-17(15)28-19(16)20(23)27-12-18(22)21-13-7-9-14(10-8-13)29(2,24)25/h3-10H,11-12H2,1-2H3,(H,21,22). The molecule has 0 fully saturated rings. The summed E-state index contributed by atoms with van der Waals surface area (Å²) < 4.78 is 38.7. The van der Waals surface area contributed by atoms with E-state index < -0.39 is 28.3 Å². The highest BCUT2D eigenvalue weighted by molar-refractivity contribution is 7.90. The van der Waals surface area contributed by atoms with Crippen molar-refractivity contribution < 1.29 is 31.9 Å². The van der Waals surface area contributed by atoms with Gasteiger partial charge in [0.25, 0.3) is 5.91 Å². The van der Waals surface area contributed by atoms with Crippen molar-refractivity contribution in [2.75, 3.05) is 25.3 Å². The van der Waals surface area contributed by atoms with Crippen molar-refractivity contribution in [1.82, 2.24) is 0 Å². The molecule has 9 heteroatoms. The third-order valence-corrected chi connectivity index (χ3v) is 5.20. The van der Waals surface area contributed by atoms with Crippen LogP contribution in [0, 0.1) is 0 Å². The second-order valence-corrected chi connectivity index (χ2v) is 8.28. The van der Waals surface area contributed by atoms with Gasteiger partial charge in [0.15, 0.2) is 16.4 Å². The number of hydrogen-bond donors (Lipinski definition) is 1.